The Hall–Kier alpha value is -1.63. The fourth-order valence-corrected chi connectivity index (χ4v) is 4.07. The second kappa shape index (κ2) is 6.86. The Morgan fingerprint density at radius 1 is 1.09 bits per heavy atom. The van der Waals surface area contributed by atoms with E-state index in [-0.39, 0.29) is 30.2 Å². The Labute approximate surface area is 136 Å². The van der Waals surface area contributed by atoms with Crippen LogP contribution in [-0.2, 0) is 14.4 Å². The van der Waals surface area contributed by atoms with Crippen molar-refractivity contribution in [3.63, 3.8) is 0 Å². The second-order valence-corrected chi connectivity index (χ2v) is 6.95. The molecule has 0 spiro atoms. The van der Waals surface area contributed by atoms with Gasteiger partial charge in [-0.2, -0.15) is 0 Å². The van der Waals surface area contributed by atoms with Crippen LogP contribution in [0.15, 0.2) is 0 Å². The number of likely N-dealkylation sites (tertiary alicyclic amines) is 1. The Kier molecular flexibility index (Phi) is 4.84. The minimum Gasteiger partial charge on any atom is -0.369 e. The zero-order valence-corrected chi connectivity index (χ0v) is 13.6. The number of nitrogens with two attached hydrogens (primary N) is 1. The maximum atomic E-state index is 12.7. The van der Waals surface area contributed by atoms with Gasteiger partial charge in [0, 0.05) is 45.2 Å². The van der Waals surface area contributed by atoms with Gasteiger partial charge in [0.2, 0.25) is 17.7 Å². The van der Waals surface area contributed by atoms with Crippen molar-refractivity contribution in [3.8, 4) is 0 Å². The van der Waals surface area contributed by atoms with Gasteiger partial charge in [0.25, 0.3) is 0 Å². The van der Waals surface area contributed by atoms with Crippen LogP contribution in [0.5, 0.6) is 0 Å². The molecule has 3 rings (SSSR count). The lowest BCUT2D eigenvalue weighted by Crippen LogP contribution is -2.52. The molecule has 128 valence electrons. The van der Waals surface area contributed by atoms with Crippen LogP contribution >= 0.6 is 0 Å². The molecular formula is C16H26N4O3. The molecule has 0 radical (unpaired) electrons. The van der Waals surface area contributed by atoms with Crippen LogP contribution in [0.3, 0.4) is 0 Å². The molecule has 1 saturated carbocycles. The third-order valence-electron chi connectivity index (χ3n) is 5.34. The van der Waals surface area contributed by atoms with Crippen molar-refractivity contribution in [1.29, 1.82) is 0 Å². The zero-order valence-electron chi connectivity index (χ0n) is 13.6. The Morgan fingerprint density at radius 2 is 1.74 bits per heavy atom. The van der Waals surface area contributed by atoms with Crippen LogP contribution in [0.4, 0.5) is 0 Å². The number of rotatable bonds is 4. The van der Waals surface area contributed by atoms with Gasteiger partial charge >= 0.3 is 0 Å². The van der Waals surface area contributed by atoms with Crippen molar-refractivity contribution < 1.29 is 14.4 Å². The average molecular weight is 322 g/mol. The summed E-state index contributed by atoms with van der Waals surface area (Å²) in [4.78, 5) is 41.6. The average Bonchev–Trinajstić information content (AvgIpc) is 3.16. The van der Waals surface area contributed by atoms with E-state index < -0.39 is 0 Å². The lowest BCUT2D eigenvalue weighted by Gasteiger charge is -2.35. The Balaban J connectivity index is 1.51. The molecule has 3 amide bonds. The zero-order chi connectivity index (χ0) is 16.4. The van der Waals surface area contributed by atoms with Gasteiger partial charge in [-0.1, -0.05) is 12.8 Å². The summed E-state index contributed by atoms with van der Waals surface area (Å²) in [5.74, 6) is -0.288. The van der Waals surface area contributed by atoms with Crippen LogP contribution in [0.1, 0.15) is 32.1 Å². The summed E-state index contributed by atoms with van der Waals surface area (Å²) in [6.07, 6.45) is 4.90. The minimum absolute atomic E-state index is 0.0950. The molecule has 0 aromatic heterocycles. The predicted octanol–water partition coefficient (Wildman–Crippen LogP) is -0.593. The Bertz CT molecular complexity index is 482. The molecule has 2 heterocycles. The van der Waals surface area contributed by atoms with Gasteiger partial charge in [0.1, 0.15) is 0 Å². The first-order chi connectivity index (χ1) is 11.0. The monoisotopic (exact) mass is 322 g/mol. The summed E-state index contributed by atoms with van der Waals surface area (Å²) < 4.78 is 0. The summed E-state index contributed by atoms with van der Waals surface area (Å²) in [6, 6.07) is 0.354. The molecule has 2 saturated heterocycles. The summed E-state index contributed by atoms with van der Waals surface area (Å²) in [5.41, 5.74) is 5.20. The molecule has 1 unspecified atom stereocenters. The van der Waals surface area contributed by atoms with E-state index >= 15 is 0 Å². The molecule has 1 atom stereocenters. The standard InChI is InChI=1S/C16H26N4O3/c17-14(21)11-18-5-7-19(8-6-18)16(23)12-9-15(22)20(10-12)13-3-1-2-4-13/h12-13H,1-11H2,(H2,17,21). The summed E-state index contributed by atoms with van der Waals surface area (Å²) in [7, 11) is 0. The van der Waals surface area contributed by atoms with Crippen molar-refractivity contribution in [2.45, 2.75) is 38.1 Å². The molecule has 7 nitrogen and oxygen atoms in total. The van der Waals surface area contributed by atoms with E-state index in [2.05, 4.69) is 0 Å². The molecule has 0 aromatic carbocycles. The summed E-state index contributed by atoms with van der Waals surface area (Å²) in [6.45, 7) is 3.40. The van der Waals surface area contributed by atoms with Gasteiger partial charge < -0.3 is 15.5 Å². The van der Waals surface area contributed by atoms with Gasteiger partial charge in [0.05, 0.1) is 12.5 Å². The molecule has 1 aliphatic carbocycles. The van der Waals surface area contributed by atoms with Gasteiger partial charge in [-0.05, 0) is 12.8 Å². The van der Waals surface area contributed by atoms with E-state index in [0.717, 1.165) is 12.8 Å². The molecule has 0 bridgehead atoms. The van der Waals surface area contributed by atoms with Gasteiger partial charge in [0.15, 0.2) is 0 Å². The fraction of sp³-hybridized carbons (Fsp3) is 0.812. The maximum absolute atomic E-state index is 12.7. The van der Waals surface area contributed by atoms with Crippen molar-refractivity contribution in [1.82, 2.24) is 14.7 Å². The molecule has 3 aliphatic rings. The number of amides is 3. The summed E-state index contributed by atoms with van der Waals surface area (Å²) >= 11 is 0. The molecule has 3 fully saturated rings. The first-order valence-corrected chi connectivity index (χ1v) is 8.63. The van der Waals surface area contributed by atoms with Crippen LogP contribution in [0.2, 0.25) is 0 Å². The van der Waals surface area contributed by atoms with Crippen LogP contribution in [0, 0.1) is 5.92 Å². The number of piperazine rings is 1. The van der Waals surface area contributed by atoms with Crippen molar-refractivity contribution in [3.05, 3.63) is 0 Å². The second-order valence-electron chi connectivity index (χ2n) is 6.95. The number of hydrogen-bond donors (Lipinski definition) is 1. The first kappa shape index (κ1) is 16.2. The van der Waals surface area contributed by atoms with Crippen LogP contribution < -0.4 is 5.73 Å². The van der Waals surface area contributed by atoms with Gasteiger partial charge in [-0.25, -0.2) is 0 Å². The predicted molar refractivity (Wildman–Crippen MR) is 84.3 cm³/mol. The Morgan fingerprint density at radius 3 is 2.35 bits per heavy atom. The van der Waals surface area contributed by atoms with Gasteiger partial charge in [-0.3, -0.25) is 19.3 Å². The van der Waals surface area contributed by atoms with E-state index in [0.29, 0.717) is 45.2 Å². The van der Waals surface area contributed by atoms with Crippen molar-refractivity contribution in [2.24, 2.45) is 11.7 Å². The molecular weight excluding hydrogens is 296 g/mol. The van der Waals surface area contributed by atoms with E-state index in [1.165, 1.54) is 12.8 Å². The largest absolute Gasteiger partial charge is 0.369 e. The fourth-order valence-electron chi connectivity index (χ4n) is 4.07. The summed E-state index contributed by atoms with van der Waals surface area (Å²) in [5, 5.41) is 0. The highest BCUT2D eigenvalue weighted by atomic mass is 16.2. The van der Waals surface area contributed by atoms with E-state index in [9.17, 15) is 14.4 Å². The normalized spacial score (nSPS) is 27.0. The third kappa shape index (κ3) is 3.65. The lowest BCUT2D eigenvalue weighted by molar-refractivity contribution is -0.137. The molecule has 23 heavy (non-hydrogen) atoms. The first-order valence-electron chi connectivity index (χ1n) is 8.63. The molecule has 2 N–H and O–H groups in total. The van der Waals surface area contributed by atoms with E-state index in [4.69, 9.17) is 5.73 Å². The maximum Gasteiger partial charge on any atom is 0.231 e. The number of carbonyl (C=O) groups is 3. The number of hydrogen-bond acceptors (Lipinski definition) is 4. The van der Waals surface area contributed by atoms with Crippen LogP contribution in [-0.4, -0.2) is 77.7 Å². The quantitative estimate of drug-likeness (QED) is 0.749. The molecule has 7 heteroatoms. The smallest absolute Gasteiger partial charge is 0.231 e. The highest BCUT2D eigenvalue weighted by molar-refractivity contribution is 5.89. The number of carbonyl (C=O) groups excluding carboxylic acids is 3. The highest BCUT2D eigenvalue weighted by Gasteiger charge is 2.40. The lowest BCUT2D eigenvalue weighted by atomic mass is 10.1. The minimum atomic E-state index is -0.335. The molecule has 0 aromatic rings. The van der Waals surface area contributed by atoms with Crippen LogP contribution in [0.25, 0.3) is 0 Å². The topological polar surface area (TPSA) is 87.0 Å². The van der Waals surface area contributed by atoms with Crippen molar-refractivity contribution in [2.75, 3.05) is 39.3 Å². The van der Waals surface area contributed by atoms with E-state index in [1.807, 2.05) is 14.7 Å². The highest BCUT2D eigenvalue weighted by Crippen LogP contribution is 2.30. The van der Waals surface area contributed by atoms with Gasteiger partial charge in [-0.15, -0.1) is 0 Å². The molecule has 2 aliphatic heterocycles. The van der Waals surface area contributed by atoms with E-state index in [1.54, 1.807) is 0 Å². The SMILES string of the molecule is NC(=O)CN1CCN(C(=O)C2CC(=O)N(C3CCCC3)C2)CC1. The number of primary amides is 1. The number of nitrogens with zero attached hydrogens (tertiary/aromatic N) is 3. The van der Waals surface area contributed by atoms with Crippen molar-refractivity contribution >= 4 is 17.7 Å². The third-order valence-corrected chi connectivity index (χ3v) is 5.34.